The van der Waals surface area contributed by atoms with E-state index in [2.05, 4.69) is 20.7 Å². The van der Waals surface area contributed by atoms with Crippen LogP contribution in [0.3, 0.4) is 0 Å². The Labute approximate surface area is 155 Å². The molecule has 1 aromatic heterocycles. The van der Waals surface area contributed by atoms with Crippen LogP contribution in [0.25, 0.3) is 11.3 Å². The van der Waals surface area contributed by atoms with Crippen LogP contribution in [-0.4, -0.2) is 35.7 Å². The molecule has 0 radical (unpaired) electrons. The van der Waals surface area contributed by atoms with E-state index in [-0.39, 0.29) is 5.91 Å². The van der Waals surface area contributed by atoms with Gasteiger partial charge in [0.15, 0.2) is 0 Å². The molecule has 0 saturated heterocycles. The van der Waals surface area contributed by atoms with Crippen molar-refractivity contribution in [3.63, 3.8) is 0 Å². The van der Waals surface area contributed by atoms with Gasteiger partial charge < -0.3 is 4.74 Å². The molecule has 1 amide bonds. The minimum Gasteiger partial charge on any atom is -0.497 e. The first kappa shape index (κ1) is 17.8. The van der Waals surface area contributed by atoms with Gasteiger partial charge >= 0.3 is 0 Å². The van der Waals surface area contributed by atoms with Crippen molar-refractivity contribution in [3.8, 4) is 17.0 Å². The van der Waals surface area contributed by atoms with Gasteiger partial charge in [0.2, 0.25) is 0 Å². The summed E-state index contributed by atoms with van der Waals surface area (Å²) in [5.41, 5.74) is 5.30. The maximum absolute atomic E-state index is 12.2. The first-order valence-corrected chi connectivity index (χ1v) is 9.09. The zero-order chi connectivity index (χ0) is 18.4. The number of hydrazone groups is 1. The summed E-state index contributed by atoms with van der Waals surface area (Å²) in [5.74, 6) is 0.413. The molecule has 132 valence electrons. The number of H-pyrrole nitrogens is 1. The average molecular weight is 366 g/mol. The Bertz CT molecular complexity index is 902. The molecule has 0 fully saturated rings. The van der Waals surface area contributed by atoms with E-state index in [1.807, 2.05) is 54.8 Å². The maximum Gasteiger partial charge on any atom is 0.289 e. The zero-order valence-electron chi connectivity index (χ0n) is 14.4. The number of nitrogens with one attached hydrogen (secondary N) is 2. The Morgan fingerprint density at radius 2 is 1.92 bits per heavy atom. The van der Waals surface area contributed by atoms with Crippen LogP contribution in [0.4, 0.5) is 0 Å². The van der Waals surface area contributed by atoms with Gasteiger partial charge in [-0.2, -0.15) is 10.2 Å². The minimum atomic E-state index is -0.353. The number of thioether (sulfide) groups is 1. The highest BCUT2D eigenvalue weighted by molar-refractivity contribution is 7.98. The molecule has 2 N–H and O–H groups in total. The Hall–Kier alpha value is -3.06. The fourth-order valence-electron chi connectivity index (χ4n) is 2.26. The van der Waals surface area contributed by atoms with Crippen LogP contribution in [-0.2, 0) is 0 Å². The summed E-state index contributed by atoms with van der Waals surface area (Å²) >= 11 is 1.67. The number of hydrogen-bond donors (Lipinski definition) is 2. The Balaban J connectivity index is 1.62. The van der Waals surface area contributed by atoms with Gasteiger partial charge in [-0.3, -0.25) is 9.89 Å². The number of nitrogens with zero attached hydrogens (tertiary/aromatic N) is 2. The molecule has 7 heteroatoms. The summed E-state index contributed by atoms with van der Waals surface area (Å²) in [6.45, 7) is 0. The van der Waals surface area contributed by atoms with Gasteiger partial charge in [0, 0.05) is 10.5 Å². The lowest BCUT2D eigenvalue weighted by Gasteiger charge is -2.00. The average Bonchev–Trinajstić information content (AvgIpc) is 3.19. The van der Waals surface area contributed by atoms with Crippen molar-refractivity contribution >= 4 is 23.9 Å². The van der Waals surface area contributed by atoms with E-state index in [4.69, 9.17) is 4.74 Å². The van der Waals surface area contributed by atoms with Gasteiger partial charge in [-0.25, -0.2) is 5.43 Å². The molecule has 3 aromatic rings. The smallest absolute Gasteiger partial charge is 0.289 e. The summed E-state index contributed by atoms with van der Waals surface area (Å²) in [5, 5.41) is 10.9. The lowest BCUT2D eigenvalue weighted by molar-refractivity contribution is 0.0950. The first-order chi connectivity index (χ1) is 12.7. The molecule has 0 aliphatic heterocycles. The number of carbonyl (C=O) groups excluding carboxylic acids is 1. The molecule has 3 rings (SSSR count). The van der Waals surface area contributed by atoms with Crippen LogP contribution < -0.4 is 10.2 Å². The van der Waals surface area contributed by atoms with Crippen LogP contribution in [0.2, 0.25) is 0 Å². The molecular weight excluding hydrogens is 348 g/mol. The third-order valence-corrected chi connectivity index (χ3v) is 4.45. The van der Waals surface area contributed by atoms with E-state index < -0.39 is 0 Å². The Morgan fingerprint density at radius 3 is 2.58 bits per heavy atom. The number of rotatable bonds is 6. The van der Waals surface area contributed by atoms with Crippen LogP contribution in [0.5, 0.6) is 5.75 Å². The fraction of sp³-hybridized carbons (Fsp3) is 0.105. The third-order valence-electron chi connectivity index (χ3n) is 3.70. The van der Waals surface area contributed by atoms with E-state index in [0.717, 1.165) is 16.9 Å². The van der Waals surface area contributed by atoms with Gasteiger partial charge in [0.25, 0.3) is 5.91 Å². The fourth-order valence-corrected chi connectivity index (χ4v) is 2.67. The largest absolute Gasteiger partial charge is 0.497 e. The van der Waals surface area contributed by atoms with Crippen molar-refractivity contribution in [2.75, 3.05) is 13.4 Å². The van der Waals surface area contributed by atoms with Gasteiger partial charge in [0.05, 0.1) is 19.0 Å². The SMILES string of the molecule is COc1ccc(-c2cc(C(=O)NN=Cc3ccc(SC)cc3)[nH]n2)cc1. The second kappa shape index (κ2) is 8.35. The zero-order valence-corrected chi connectivity index (χ0v) is 15.2. The van der Waals surface area contributed by atoms with E-state index in [1.165, 1.54) is 4.90 Å². The quantitative estimate of drug-likeness (QED) is 0.397. The van der Waals surface area contributed by atoms with Crippen LogP contribution in [0.1, 0.15) is 16.1 Å². The van der Waals surface area contributed by atoms with E-state index in [9.17, 15) is 4.79 Å². The highest BCUT2D eigenvalue weighted by Gasteiger charge is 2.10. The van der Waals surface area contributed by atoms with Crippen LogP contribution in [0, 0.1) is 0 Å². The minimum absolute atomic E-state index is 0.339. The van der Waals surface area contributed by atoms with Crippen LogP contribution in [0.15, 0.2) is 64.6 Å². The monoisotopic (exact) mass is 366 g/mol. The number of aromatic nitrogens is 2. The van der Waals surface area contributed by atoms with Gasteiger partial charge in [-0.15, -0.1) is 11.8 Å². The van der Waals surface area contributed by atoms with E-state index in [0.29, 0.717) is 11.4 Å². The molecule has 0 saturated carbocycles. The lowest BCUT2D eigenvalue weighted by atomic mass is 10.1. The number of aromatic amines is 1. The predicted octanol–water partition coefficient (Wildman–Crippen LogP) is 3.57. The Kier molecular flexibility index (Phi) is 5.70. The Morgan fingerprint density at radius 1 is 1.19 bits per heavy atom. The molecule has 0 bridgehead atoms. The van der Waals surface area contributed by atoms with Crippen molar-refractivity contribution in [2.24, 2.45) is 5.10 Å². The van der Waals surface area contributed by atoms with Crippen LogP contribution >= 0.6 is 11.8 Å². The molecule has 6 nitrogen and oxygen atoms in total. The summed E-state index contributed by atoms with van der Waals surface area (Å²) in [7, 11) is 1.61. The molecule has 0 aliphatic rings. The first-order valence-electron chi connectivity index (χ1n) is 7.87. The lowest BCUT2D eigenvalue weighted by Crippen LogP contribution is -2.17. The molecule has 0 atom stereocenters. The molecule has 0 spiro atoms. The van der Waals surface area contributed by atoms with E-state index >= 15 is 0 Å². The van der Waals surface area contributed by atoms with Crippen molar-refractivity contribution in [2.45, 2.75) is 4.90 Å². The summed E-state index contributed by atoms with van der Waals surface area (Å²) < 4.78 is 5.13. The summed E-state index contributed by atoms with van der Waals surface area (Å²) in [6.07, 6.45) is 3.62. The third kappa shape index (κ3) is 4.31. The molecule has 2 aromatic carbocycles. The molecule has 0 aliphatic carbocycles. The van der Waals surface area contributed by atoms with Crippen molar-refractivity contribution in [1.82, 2.24) is 15.6 Å². The van der Waals surface area contributed by atoms with Gasteiger partial charge in [-0.05, 0) is 54.3 Å². The number of hydrogen-bond acceptors (Lipinski definition) is 5. The highest BCUT2D eigenvalue weighted by atomic mass is 32.2. The van der Waals surface area contributed by atoms with Crippen molar-refractivity contribution < 1.29 is 9.53 Å². The topological polar surface area (TPSA) is 79.4 Å². The maximum atomic E-state index is 12.2. The summed E-state index contributed by atoms with van der Waals surface area (Å²) in [6, 6.07) is 17.0. The number of carbonyl (C=O) groups is 1. The van der Waals surface area contributed by atoms with E-state index in [1.54, 1.807) is 31.2 Å². The van der Waals surface area contributed by atoms with Crippen molar-refractivity contribution in [3.05, 3.63) is 65.9 Å². The number of ether oxygens (including phenoxy) is 1. The van der Waals surface area contributed by atoms with Crippen molar-refractivity contribution in [1.29, 1.82) is 0 Å². The standard InChI is InChI=1S/C19H18N4O2S/c1-25-15-7-5-14(6-8-15)17-11-18(22-21-17)19(24)23-20-12-13-3-9-16(26-2)10-4-13/h3-12H,1-2H3,(H,21,22)(H,23,24). The highest BCUT2D eigenvalue weighted by Crippen LogP contribution is 2.21. The number of methoxy groups -OCH3 is 1. The number of benzene rings is 2. The number of amides is 1. The predicted molar refractivity (Wildman–Crippen MR) is 104 cm³/mol. The van der Waals surface area contributed by atoms with Gasteiger partial charge in [-0.1, -0.05) is 12.1 Å². The molecule has 1 heterocycles. The van der Waals surface area contributed by atoms with Gasteiger partial charge in [0.1, 0.15) is 11.4 Å². The normalized spacial score (nSPS) is 10.8. The second-order valence-corrected chi connectivity index (χ2v) is 6.25. The second-order valence-electron chi connectivity index (χ2n) is 5.37. The molecular formula is C19H18N4O2S. The molecule has 0 unspecified atom stereocenters. The molecule has 26 heavy (non-hydrogen) atoms. The summed E-state index contributed by atoms with van der Waals surface area (Å²) in [4.78, 5) is 13.3.